The van der Waals surface area contributed by atoms with E-state index in [9.17, 15) is 14.9 Å². The molecule has 3 aromatic rings. The molecule has 0 saturated heterocycles. The Balaban J connectivity index is 1.61. The van der Waals surface area contributed by atoms with Gasteiger partial charge in [-0.25, -0.2) is 14.3 Å². The lowest BCUT2D eigenvalue weighted by molar-refractivity contribution is 0.0468. The number of halogens is 1. The number of allylic oxidation sites excluding steroid dienone is 2. The normalized spacial score (nSPS) is 15.3. The van der Waals surface area contributed by atoms with Crippen LogP contribution in [-0.4, -0.2) is 50.3 Å². The second-order valence-corrected chi connectivity index (χ2v) is 12.0. The van der Waals surface area contributed by atoms with Gasteiger partial charge in [0.1, 0.15) is 22.1 Å². The van der Waals surface area contributed by atoms with Gasteiger partial charge in [-0.2, -0.15) is 10.4 Å². The molecule has 0 fully saturated rings. The van der Waals surface area contributed by atoms with Crippen LogP contribution in [-0.2, 0) is 4.74 Å². The van der Waals surface area contributed by atoms with Crippen molar-refractivity contribution in [2.45, 2.75) is 65.1 Å². The van der Waals surface area contributed by atoms with E-state index < -0.39 is 17.2 Å². The minimum Gasteiger partial charge on any atom is -0.444 e. The summed E-state index contributed by atoms with van der Waals surface area (Å²) in [7, 11) is 0. The zero-order valence-corrected chi connectivity index (χ0v) is 24.8. The second-order valence-electron chi connectivity index (χ2n) is 11.6. The maximum Gasteiger partial charge on any atom is 0.408 e. The minimum atomic E-state index is -0.609. The Labute approximate surface area is 244 Å². The standard InChI is InChI=1S/C30H34ClN7O3/c1-18-14-21(16-23(31)34-18)24-25(20-9-7-8-19(15-20)17-32)37-38-13-10-22(35-26(24)38)27(39)33-12-11-30(5,6)36-28(40)41-29(2,3)4/h7-10,13-16,18,34H,11-12H2,1-6H3,(H,33,39)(H,36,40). The third-order valence-electron chi connectivity index (χ3n) is 6.22. The van der Waals surface area contributed by atoms with Crippen molar-refractivity contribution in [1.82, 2.24) is 30.5 Å². The molecule has 3 heterocycles. The number of dihydropyridines is 1. The summed E-state index contributed by atoms with van der Waals surface area (Å²) in [5, 5.41) is 23.5. The van der Waals surface area contributed by atoms with Gasteiger partial charge in [0, 0.05) is 29.9 Å². The maximum absolute atomic E-state index is 13.1. The molecule has 214 valence electrons. The third kappa shape index (κ3) is 7.44. The Morgan fingerprint density at radius 1 is 1.22 bits per heavy atom. The largest absolute Gasteiger partial charge is 0.444 e. The summed E-state index contributed by atoms with van der Waals surface area (Å²) >= 11 is 6.38. The van der Waals surface area contributed by atoms with E-state index in [1.165, 1.54) is 0 Å². The first-order valence-corrected chi connectivity index (χ1v) is 13.7. The smallest absolute Gasteiger partial charge is 0.408 e. The van der Waals surface area contributed by atoms with Gasteiger partial charge in [0.25, 0.3) is 5.91 Å². The summed E-state index contributed by atoms with van der Waals surface area (Å²) in [6, 6.07) is 10.9. The highest BCUT2D eigenvalue weighted by Crippen LogP contribution is 2.34. The van der Waals surface area contributed by atoms with E-state index >= 15 is 0 Å². The summed E-state index contributed by atoms with van der Waals surface area (Å²) in [5.74, 6) is -0.359. The van der Waals surface area contributed by atoms with Crippen LogP contribution in [0.4, 0.5) is 4.79 Å². The van der Waals surface area contributed by atoms with Gasteiger partial charge in [0.15, 0.2) is 5.65 Å². The average molecular weight is 576 g/mol. The highest BCUT2D eigenvalue weighted by Gasteiger charge is 2.26. The number of nitrogens with zero attached hydrogens (tertiary/aromatic N) is 4. The Bertz CT molecular complexity index is 1590. The van der Waals surface area contributed by atoms with Crippen LogP contribution in [0.2, 0.25) is 0 Å². The number of hydrogen-bond donors (Lipinski definition) is 3. The van der Waals surface area contributed by atoms with Gasteiger partial charge in [-0.1, -0.05) is 29.8 Å². The highest BCUT2D eigenvalue weighted by molar-refractivity contribution is 6.30. The zero-order chi connectivity index (χ0) is 29.9. The van der Waals surface area contributed by atoms with Crippen molar-refractivity contribution >= 4 is 34.8 Å². The first-order valence-electron chi connectivity index (χ1n) is 13.3. The number of ether oxygens (including phenoxy) is 1. The van der Waals surface area contributed by atoms with E-state index in [2.05, 4.69) is 22.0 Å². The summed E-state index contributed by atoms with van der Waals surface area (Å²) in [6.45, 7) is 11.4. The monoisotopic (exact) mass is 575 g/mol. The topological polar surface area (TPSA) is 133 Å². The van der Waals surface area contributed by atoms with Crippen LogP contribution in [0.15, 0.2) is 53.8 Å². The number of rotatable bonds is 7. The third-order valence-corrected chi connectivity index (χ3v) is 6.44. The number of amides is 2. The molecule has 0 spiro atoms. The van der Waals surface area contributed by atoms with Crippen molar-refractivity contribution in [3.05, 3.63) is 70.7 Å². The van der Waals surface area contributed by atoms with Crippen molar-refractivity contribution in [2.75, 3.05) is 6.54 Å². The molecule has 0 bridgehead atoms. The molecule has 3 N–H and O–H groups in total. The van der Waals surface area contributed by atoms with Crippen LogP contribution in [0, 0.1) is 11.3 Å². The van der Waals surface area contributed by atoms with Gasteiger partial charge in [0.2, 0.25) is 0 Å². The van der Waals surface area contributed by atoms with Crippen molar-refractivity contribution in [1.29, 1.82) is 5.26 Å². The molecule has 4 rings (SSSR count). The summed E-state index contributed by atoms with van der Waals surface area (Å²) in [5.41, 5.74) is 2.83. The first-order chi connectivity index (χ1) is 19.2. The Kier molecular flexibility index (Phi) is 8.40. The van der Waals surface area contributed by atoms with E-state index in [1.54, 1.807) is 61.8 Å². The fourth-order valence-corrected chi connectivity index (χ4v) is 4.68. The number of carbonyl (C=O) groups is 2. The quantitative estimate of drug-likeness (QED) is 0.332. The Morgan fingerprint density at radius 3 is 2.66 bits per heavy atom. The molecule has 1 unspecified atom stereocenters. The van der Waals surface area contributed by atoms with Gasteiger partial charge in [-0.3, -0.25) is 4.79 Å². The molecule has 0 aliphatic carbocycles. The van der Waals surface area contributed by atoms with Crippen LogP contribution in [0.3, 0.4) is 0 Å². The summed E-state index contributed by atoms with van der Waals surface area (Å²) < 4.78 is 6.95. The van der Waals surface area contributed by atoms with Crippen molar-refractivity contribution in [3.63, 3.8) is 0 Å². The van der Waals surface area contributed by atoms with Crippen LogP contribution in [0.5, 0.6) is 0 Å². The van der Waals surface area contributed by atoms with Crippen molar-refractivity contribution in [3.8, 4) is 17.3 Å². The molecule has 0 saturated carbocycles. The molecular formula is C30H34ClN7O3. The zero-order valence-electron chi connectivity index (χ0n) is 24.0. The number of alkyl carbamates (subject to hydrolysis) is 1. The van der Waals surface area contributed by atoms with Crippen LogP contribution in [0.1, 0.15) is 69.6 Å². The number of carbonyl (C=O) groups excluding carboxylic acids is 2. The van der Waals surface area contributed by atoms with E-state index in [4.69, 9.17) is 26.4 Å². The Morgan fingerprint density at radius 2 is 1.98 bits per heavy atom. The number of aromatic nitrogens is 3. The van der Waals surface area contributed by atoms with E-state index in [0.717, 1.165) is 11.1 Å². The first kappa shape index (κ1) is 29.6. The van der Waals surface area contributed by atoms with Gasteiger partial charge in [-0.15, -0.1) is 0 Å². The van der Waals surface area contributed by atoms with E-state index in [-0.39, 0.29) is 17.6 Å². The fraction of sp³-hybridized carbons (Fsp3) is 0.367. The van der Waals surface area contributed by atoms with Crippen LogP contribution in [0.25, 0.3) is 22.5 Å². The molecule has 1 aromatic carbocycles. The predicted molar refractivity (Wildman–Crippen MR) is 158 cm³/mol. The minimum absolute atomic E-state index is 0.0418. The maximum atomic E-state index is 13.1. The molecule has 0 radical (unpaired) electrons. The molecule has 2 aromatic heterocycles. The number of nitriles is 1. The molecule has 2 amide bonds. The van der Waals surface area contributed by atoms with Gasteiger partial charge in [-0.05, 0) is 77.8 Å². The molecular weight excluding hydrogens is 542 g/mol. The van der Waals surface area contributed by atoms with Crippen LogP contribution >= 0.6 is 11.6 Å². The summed E-state index contributed by atoms with van der Waals surface area (Å²) in [6.07, 6.45) is 5.45. The molecule has 11 heteroatoms. The van der Waals surface area contributed by atoms with Crippen LogP contribution < -0.4 is 16.0 Å². The van der Waals surface area contributed by atoms with Gasteiger partial charge < -0.3 is 20.7 Å². The highest BCUT2D eigenvalue weighted by atomic mass is 35.5. The molecule has 10 nitrogen and oxygen atoms in total. The molecule has 1 atom stereocenters. The lowest BCUT2D eigenvalue weighted by atomic mass is 9.97. The number of benzene rings is 1. The second kappa shape index (κ2) is 11.6. The molecule has 1 aliphatic rings. The summed E-state index contributed by atoms with van der Waals surface area (Å²) in [4.78, 5) is 30.0. The Hall–Kier alpha value is -4.36. The molecule has 1 aliphatic heterocycles. The number of hydrogen-bond acceptors (Lipinski definition) is 7. The lowest BCUT2D eigenvalue weighted by Gasteiger charge is -2.28. The van der Waals surface area contributed by atoms with Crippen molar-refractivity contribution < 1.29 is 14.3 Å². The fourth-order valence-electron chi connectivity index (χ4n) is 4.39. The SMILES string of the molecule is CC1C=C(c2c(-c3cccc(C#N)c3)nn3ccc(C(=O)NCCC(C)(C)NC(=O)OC(C)(C)C)nc23)C=C(Cl)N1. The lowest BCUT2D eigenvalue weighted by Crippen LogP contribution is -2.47. The average Bonchev–Trinajstić information content (AvgIpc) is 3.25. The predicted octanol–water partition coefficient (Wildman–Crippen LogP) is 5.15. The van der Waals surface area contributed by atoms with Gasteiger partial charge in [0.05, 0.1) is 17.2 Å². The van der Waals surface area contributed by atoms with Crippen molar-refractivity contribution in [2.24, 2.45) is 0 Å². The van der Waals surface area contributed by atoms with E-state index in [0.29, 0.717) is 40.6 Å². The number of fused-ring (bicyclic) bond motifs is 1. The van der Waals surface area contributed by atoms with Gasteiger partial charge >= 0.3 is 6.09 Å². The molecule has 41 heavy (non-hydrogen) atoms. The van der Waals surface area contributed by atoms with E-state index in [1.807, 2.05) is 32.9 Å². The number of nitrogens with one attached hydrogen (secondary N) is 3.